The topological polar surface area (TPSA) is 113 Å². The second kappa shape index (κ2) is 8.77. The van der Waals surface area contributed by atoms with Crippen molar-refractivity contribution in [3.8, 4) is 0 Å². The third-order valence-electron chi connectivity index (χ3n) is 4.63. The Bertz CT molecular complexity index is 552. The summed E-state index contributed by atoms with van der Waals surface area (Å²) in [5, 5.41) is 2.83. The average molecular weight is 360 g/mol. The quantitative estimate of drug-likeness (QED) is 0.621. The number of rotatable bonds is 7. The predicted molar refractivity (Wildman–Crippen MR) is 90.6 cm³/mol. The maximum absolute atomic E-state index is 12.5. The van der Waals surface area contributed by atoms with Crippen LogP contribution in [0.3, 0.4) is 0 Å². The van der Waals surface area contributed by atoms with Crippen LogP contribution in [0.2, 0.25) is 0 Å². The molecule has 138 valence electrons. The van der Waals surface area contributed by atoms with Crippen LogP contribution >= 0.6 is 0 Å². The van der Waals surface area contributed by atoms with Crippen LogP contribution in [0.1, 0.15) is 38.5 Å². The molecule has 2 aliphatic heterocycles. The van der Waals surface area contributed by atoms with Crippen molar-refractivity contribution in [1.82, 2.24) is 14.5 Å². The number of nitrogens with zero attached hydrogens (tertiary/aromatic N) is 2. The van der Waals surface area contributed by atoms with Crippen LogP contribution in [-0.4, -0.2) is 74.0 Å². The van der Waals surface area contributed by atoms with E-state index in [1.807, 2.05) is 0 Å². The zero-order valence-corrected chi connectivity index (χ0v) is 14.9. The molecule has 0 aromatic rings. The molecule has 24 heavy (non-hydrogen) atoms. The van der Waals surface area contributed by atoms with Gasteiger partial charge in [0.2, 0.25) is 21.8 Å². The smallest absolute Gasteiger partial charge is 0.224 e. The minimum absolute atomic E-state index is 0.0110. The van der Waals surface area contributed by atoms with Crippen molar-refractivity contribution >= 4 is 21.8 Å². The van der Waals surface area contributed by atoms with Crippen LogP contribution in [0.5, 0.6) is 0 Å². The minimum Gasteiger partial charge on any atom is -0.354 e. The van der Waals surface area contributed by atoms with Crippen molar-refractivity contribution in [2.45, 2.75) is 44.6 Å². The second-order valence-corrected chi connectivity index (χ2v) is 8.49. The van der Waals surface area contributed by atoms with Crippen LogP contribution in [0.15, 0.2) is 0 Å². The highest BCUT2D eigenvalue weighted by Crippen LogP contribution is 2.19. The van der Waals surface area contributed by atoms with Gasteiger partial charge in [-0.3, -0.25) is 9.59 Å². The van der Waals surface area contributed by atoms with E-state index in [2.05, 4.69) is 5.32 Å². The summed E-state index contributed by atoms with van der Waals surface area (Å²) in [5.74, 6) is 0.0502. The van der Waals surface area contributed by atoms with Gasteiger partial charge in [0.25, 0.3) is 0 Å². The van der Waals surface area contributed by atoms with Gasteiger partial charge < -0.3 is 16.0 Å². The molecule has 0 spiro atoms. The maximum atomic E-state index is 12.5. The highest BCUT2D eigenvalue weighted by molar-refractivity contribution is 7.89. The third-order valence-corrected chi connectivity index (χ3v) is 6.59. The number of nitrogens with two attached hydrogens (primary N) is 1. The van der Waals surface area contributed by atoms with Gasteiger partial charge in [0.1, 0.15) is 0 Å². The number of carbonyl (C=O) groups excluding carboxylic acids is 2. The number of carbonyl (C=O) groups is 2. The van der Waals surface area contributed by atoms with Gasteiger partial charge in [-0.1, -0.05) is 0 Å². The molecule has 0 aliphatic carbocycles. The van der Waals surface area contributed by atoms with Crippen LogP contribution in [-0.2, 0) is 19.6 Å². The van der Waals surface area contributed by atoms with Crippen molar-refractivity contribution in [3.63, 3.8) is 0 Å². The Balaban J connectivity index is 1.84. The molecule has 2 rings (SSSR count). The Kier molecular flexibility index (Phi) is 7.00. The molecule has 1 unspecified atom stereocenters. The Labute approximate surface area is 143 Å². The molecule has 0 bridgehead atoms. The van der Waals surface area contributed by atoms with Crippen molar-refractivity contribution < 1.29 is 18.0 Å². The molecule has 2 saturated heterocycles. The summed E-state index contributed by atoms with van der Waals surface area (Å²) in [6.07, 6.45) is 3.95. The first-order chi connectivity index (χ1) is 11.4. The maximum Gasteiger partial charge on any atom is 0.224 e. The summed E-state index contributed by atoms with van der Waals surface area (Å²) in [7, 11) is -3.16. The predicted octanol–water partition coefficient (Wildman–Crippen LogP) is -0.742. The van der Waals surface area contributed by atoms with Crippen LogP contribution < -0.4 is 11.1 Å². The fraction of sp³-hybridized carbons (Fsp3) is 0.867. The van der Waals surface area contributed by atoms with E-state index >= 15 is 0 Å². The van der Waals surface area contributed by atoms with Crippen molar-refractivity contribution in [2.75, 3.05) is 38.5 Å². The summed E-state index contributed by atoms with van der Waals surface area (Å²) >= 11 is 0. The summed E-state index contributed by atoms with van der Waals surface area (Å²) < 4.78 is 25.0. The van der Waals surface area contributed by atoms with Gasteiger partial charge in [0, 0.05) is 51.6 Å². The van der Waals surface area contributed by atoms with E-state index in [0.29, 0.717) is 32.6 Å². The van der Waals surface area contributed by atoms with Crippen molar-refractivity contribution in [3.05, 3.63) is 0 Å². The standard InChI is InChI=1S/C15H28N4O4S/c16-7-5-14(20)17-12-13-4-1-2-9-19(13)15(21)6-10-18-8-3-11-24(18,22)23/h13H,1-12,16H2,(H,17,20). The SMILES string of the molecule is NCCC(=O)NCC1CCCCN1C(=O)CCN1CCCS1(=O)=O. The molecule has 0 saturated carbocycles. The number of hydrogen-bond acceptors (Lipinski definition) is 5. The highest BCUT2D eigenvalue weighted by Gasteiger charge is 2.31. The number of nitrogens with one attached hydrogen (secondary N) is 1. The molecule has 0 radical (unpaired) electrons. The number of piperidine rings is 1. The fourth-order valence-electron chi connectivity index (χ4n) is 3.30. The summed E-state index contributed by atoms with van der Waals surface area (Å²) in [4.78, 5) is 25.9. The number of hydrogen-bond donors (Lipinski definition) is 2. The lowest BCUT2D eigenvalue weighted by Crippen LogP contribution is -2.50. The molecule has 8 nitrogen and oxygen atoms in total. The molecule has 2 heterocycles. The molecule has 0 aromatic heterocycles. The molecule has 1 atom stereocenters. The lowest BCUT2D eigenvalue weighted by Gasteiger charge is -2.36. The third kappa shape index (κ3) is 5.15. The molecule has 2 fully saturated rings. The van der Waals surface area contributed by atoms with Gasteiger partial charge in [-0.15, -0.1) is 0 Å². The van der Waals surface area contributed by atoms with E-state index in [9.17, 15) is 18.0 Å². The van der Waals surface area contributed by atoms with E-state index in [1.165, 1.54) is 4.31 Å². The normalized spacial score (nSPS) is 24.0. The molecular weight excluding hydrogens is 332 g/mol. The molecule has 2 amide bonds. The Morgan fingerprint density at radius 2 is 1.92 bits per heavy atom. The lowest BCUT2D eigenvalue weighted by atomic mass is 10.0. The average Bonchev–Trinajstić information content (AvgIpc) is 2.89. The first-order valence-electron chi connectivity index (χ1n) is 8.68. The van der Waals surface area contributed by atoms with E-state index < -0.39 is 10.0 Å². The van der Waals surface area contributed by atoms with Gasteiger partial charge >= 0.3 is 0 Å². The second-order valence-electron chi connectivity index (χ2n) is 6.40. The van der Waals surface area contributed by atoms with Crippen LogP contribution in [0.25, 0.3) is 0 Å². The largest absolute Gasteiger partial charge is 0.354 e. The molecular formula is C15H28N4O4S. The zero-order valence-electron chi connectivity index (χ0n) is 14.1. The molecule has 2 aliphatic rings. The first kappa shape index (κ1) is 19.1. The van der Waals surface area contributed by atoms with Crippen molar-refractivity contribution in [1.29, 1.82) is 0 Å². The summed E-state index contributed by atoms with van der Waals surface area (Å²) in [5.41, 5.74) is 5.36. The van der Waals surface area contributed by atoms with E-state index in [4.69, 9.17) is 5.73 Å². The van der Waals surface area contributed by atoms with Gasteiger partial charge in [-0.25, -0.2) is 12.7 Å². The Morgan fingerprint density at radius 1 is 1.12 bits per heavy atom. The fourth-order valence-corrected chi connectivity index (χ4v) is 4.83. The first-order valence-corrected chi connectivity index (χ1v) is 10.3. The minimum atomic E-state index is -3.16. The van der Waals surface area contributed by atoms with Crippen LogP contribution in [0, 0.1) is 0 Å². The van der Waals surface area contributed by atoms with E-state index in [0.717, 1.165) is 19.3 Å². The number of likely N-dealkylation sites (tertiary alicyclic amines) is 1. The van der Waals surface area contributed by atoms with Gasteiger partial charge in [0.05, 0.1) is 5.75 Å². The van der Waals surface area contributed by atoms with E-state index in [1.54, 1.807) is 4.90 Å². The Morgan fingerprint density at radius 3 is 2.58 bits per heavy atom. The van der Waals surface area contributed by atoms with Gasteiger partial charge in [-0.05, 0) is 25.7 Å². The molecule has 0 aromatic carbocycles. The summed E-state index contributed by atoms with van der Waals surface area (Å²) in [6.45, 7) is 2.18. The lowest BCUT2D eigenvalue weighted by molar-refractivity contribution is -0.135. The monoisotopic (exact) mass is 360 g/mol. The summed E-state index contributed by atoms with van der Waals surface area (Å²) in [6, 6.07) is -0.0110. The highest BCUT2D eigenvalue weighted by atomic mass is 32.2. The Hall–Kier alpha value is -1.19. The van der Waals surface area contributed by atoms with Crippen LogP contribution in [0.4, 0.5) is 0 Å². The molecule has 9 heteroatoms. The van der Waals surface area contributed by atoms with Crippen molar-refractivity contribution in [2.24, 2.45) is 5.73 Å². The van der Waals surface area contributed by atoms with Gasteiger partial charge in [-0.2, -0.15) is 0 Å². The van der Waals surface area contributed by atoms with E-state index in [-0.39, 0.29) is 43.0 Å². The molecule has 3 N–H and O–H groups in total. The zero-order chi connectivity index (χ0) is 17.6. The number of amides is 2. The van der Waals surface area contributed by atoms with Gasteiger partial charge in [0.15, 0.2) is 0 Å². The number of sulfonamides is 1.